The second-order valence-electron chi connectivity index (χ2n) is 1.63. The van der Waals surface area contributed by atoms with Crippen molar-refractivity contribution in [1.82, 2.24) is 0 Å². The van der Waals surface area contributed by atoms with E-state index in [9.17, 15) is 4.79 Å². The van der Waals surface area contributed by atoms with Crippen LogP contribution >= 0.6 is 0 Å². The molecule has 0 aromatic heterocycles. The van der Waals surface area contributed by atoms with E-state index in [1.807, 2.05) is 0 Å². The predicted molar refractivity (Wildman–Crippen MR) is 32.6 cm³/mol. The summed E-state index contributed by atoms with van der Waals surface area (Å²) in [5.74, 6) is -0.0909. The number of hydrogen-bond donors (Lipinski definition) is 0. The monoisotopic (exact) mass is 126 g/mol. The zero-order valence-electron chi connectivity index (χ0n) is 5.00. The van der Waals surface area contributed by atoms with Gasteiger partial charge in [-0.05, 0) is 0 Å². The maximum absolute atomic E-state index is 10.5. The van der Waals surface area contributed by atoms with Crippen LogP contribution in [0.5, 0.6) is 0 Å². The van der Waals surface area contributed by atoms with Crippen molar-refractivity contribution in [2.24, 2.45) is 10.2 Å². The van der Waals surface area contributed by atoms with Crippen LogP contribution in [0.1, 0.15) is 6.92 Å². The fraction of sp³-hybridized carbons (Fsp3) is 0.400. The molecule has 4 heteroatoms. The molecule has 9 heavy (non-hydrogen) atoms. The molecule has 0 unspecified atom stereocenters. The van der Waals surface area contributed by atoms with Gasteiger partial charge in [0.2, 0.25) is 0 Å². The predicted octanol–water partition coefficient (Wildman–Crippen LogP) is -0.0101. The Morgan fingerprint density at radius 2 is 2.67 bits per heavy atom. The molecular formula is C5H6N2O2. The van der Waals surface area contributed by atoms with Crippen molar-refractivity contribution in [2.45, 2.75) is 6.92 Å². The highest BCUT2D eigenvalue weighted by Crippen LogP contribution is 1.89. The fourth-order valence-electron chi connectivity index (χ4n) is 0.444. The Bertz CT molecular complexity index is 183. The molecule has 0 saturated carbocycles. The van der Waals surface area contributed by atoms with Crippen molar-refractivity contribution in [2.75, 3.05) is 6.61 Å². The van der Waals surface area contributed by atoms with Gasteiger partial charge in [0.25, 0.3) is 0 Å². The molecule has 0 N–H and O–H groups in total. The Morgan fingerprint density at radius 1 is 1.89 bits per heavy atom. The molecule has 1 aliphatic rings. The van der Waals surface area contributed by atoms with Gasteiger partial charge in [0.05, 0.1) is 0 Å². The summed E-state index contributed by atoms with van der Waals surface area (Å²) in [5, 5.41) is 6.94. The normalized spacial score (nSPS) is 16.3. The summed E-state index contributed by atoms with van der Waals surface area (Å²) in [6.45, 7) is 1.68. The molecular weight excluding hydrogens is 120 g/mol. The topological polar surface area (TPSA) is 51.0 Å². The summed E-state index contributed by atoms with van der Waals surface area (Å²) in [6.07, 6.45) is 1.21. The van der Waals surface area contributed by atoms with E-state index in [0.717, 1.165) is 0 Å². The summed E-state index contributed by atoms with van der Waals surface area (Å²) < 4.78 is 4.70. The smallest absolute Gasteiger partial charge is 0.195 e. The highest BCUT2D eigenvalue weighted by atomic mass is 16.5. The molecule has 0 amide bonds. The molecule has 4 nitrogen and oxygen atoms in total. The van der Waals surface area contributed by atoms with Crippen LogP contribution in [0.25, 0.3) is 0 Å². The zero-order chi connectivity index (χ0) is 6.69. The van der Waals surface area contributed by atoms with Crippen LogP contribution in [-0.2, 0) is 9.53 Å². The maximum Gasteiger partial charge on any atom is 0.195 e. The highest BCUT2D eigenvalue weighted by Gasteiger charge is 2.07. The van der Waals surface area contributed by atoms with Crippen LogP contribution in [0, 0.1) is 0 Å². The molecule has 0 fully saturated rings. The van der Waals surface area contributed by atoms with Crippen LogP contribution in [0.3, 0.4) is 0 Å². The van der Waals surface area contributed by atoms with Crippen LogP contribution in [0.2, 0.25) is 0 Å². The first kappa shape index (κ1) is 5.94. The molecule has 0 atom stereocenters. The molecule has 48 valence electrons. The molecule has 0 bridgehead atoms. The summed E-state index contributed by atoms with van der Waals surface area (Å²) in [7, 11) is 0. The van der Waals surface area contributed by atoms with E-state index in [4.69, 9.17) is 4.74 Å². The first-order chi connectivity index (χ1) is 4.30. The lowest BCUT2D eigenvalue weighted by Crippen LogP contribution is -2.18. The Hall–Kier alpha value is -1.19. The zero-order valence-corrected chi connectivity index (χ0v) is 5.00. The fourth-order valence-corrected chi connectivity index (χ4v) is 0.444. The second kappa shape index (κ2) is 2.39. The summed E-state index contributed by atoms with van der Waals surface area (Å²) in [4.78, 5) is 10.5. The van der Waals surface area contributed by atoms with Crippen molar-refractivity contribution in [3.63, 3.8) is 0 Å². The lowest BCUT2D eigenvalue weighted by Gasteiger charge is -2.02. The van der Waals surface area contributed by atoms with Crippen LogP contribution < -0.4 is 0 Å². The Balaban J connectivity index is 2.68. The molecule has 1 aliphatic heterocycles. The average Bonchev–Trinajstić information content (AvgIpc) is 1.90. The minimum absolute atomic E-state index is 0.0909. The lowest BCUT2D eigenvalue weighted by molar-refractivity contribution is -0.111. The first-order valence-electron chi connectivity index (χ1n) is 2.51. The first-order valence-corrected chi connectivity index (χ1v) is 2.51. The van der Waals surface area contributed by atoms with E-state index in [0.29, 0.717) is 5.71 Å². The SMILES string of the molecule is CC(=O)C1=NN=COC1. The van der Waals surface area contributed by atoms with Gasteiger partial charge in [-0.15, -0.1) is 10.2 Å². The van der Waals surface area contributed by atoms with Crippen LogP contribution in [-0.4, -0.2) is 24.5 Å². The number of Topliss-reactive ketones (excluding diaryl/α,β-unsaturated/α-hetero) is 1. The minimum Gasteiger partial charge on any atom is -0.475 e. The van der Waals surface area contributed by atoms with Crippen molar-refractivity contribution >= 4 is 17.9 Å². The van der Waals surface area contributed by atoms with E-state index in [2.05, 4.69) is 10.2 Å². The van der Waals surface area contributed by atoms with Crippen molar-refractivity contribution in [3.8, 4) is 0 Å². The van der Waals surface area contributed by atoms with Crippen molar-refractivity contribution < 1.29 is 9.53 Å². The lowest BCUT2D eigenvalue weighted by atomic mass is 10.3. The molecule has 1 heterocycles. The number of ether oxygens (including phenoxy) is 1. The Labute approximate surface area is 52.2 Å². The highest BCUT2D eigenvalue weighted by molar-refractivity contribution is 6.39. The van der Waals surface area contributed by atoms with Crippen molar-refractivity contribution in [3.05, 3.63) is 0 Å². The number of rotatable bonds is 1. The van der Waals surface area contributed by atoms with Gasteiger partial charge in [0, 0.05) is 6.92 Å². The molecule has 0 radical (unpaired) electrons. The average molecular weight is 126 g/mol. The Morgan fingerprint density at radius 3 is 3.00 bits per heavy atom. The van der Waals surface area contributed by atoms with Gasteiger partial charge in [-0.3, -0.25) is 4.79 Å². The van der Waals surface area contributed by atoms with Gasteiger partial charge in [0.1, 0.15) is 12.3 Å². The summed E-state index contributed by atoms with van der Waals surface area (Å²) in [5.41, 5.74) is 0.373. The number of carbonyl (C=O) groups excluding carboxylic acids is 1. The number of carbonyl (C=O) groups is 1. The third-order valence-electron chi connectivity index (χ3n) is 0.927. The van der Waals surface area contributed by atoms with E-state index in [-0.39, 0.29) is 12.4 Å². The number of hydrogen-bond acceptors (Lipinski definition) is 4. The van der Waals surface area contributed by atoms with Crippen LogP contribution in [0.15, 0.2) is 10.2 Å². The van der Waals surface area contributed by atoms with Gasteiger partial charge < -0.3 is 4.74 Å². The molecule has 0 spiro atoms. The largest absolute Gasteiger partial charge is 0.475 e. The van der Waals surface area contributed by atoms with E-state index in [1.54, 1.807) is 0 Å². The standard InChI is InChI=1S/C5H6N2O2/c1-4(8)5-2-9-3-6-7-5/h3H,2H2,1H3. The summed E-state index contributed by atoms with van der Waals surface area (Å²) in [6, 6.07) is 0. The van der Waals surface area contributed by atoms with Gasteiger partial charge in [-0.25, -0.2) is 0 Å². The van der Waals surface area contributed by atoms with Gasteiger partial charge in [-0.2, -0.15) is 0 Å². The van der Waals surface area contributed by atoms with E-state index >= 15 is 0 Å². The maximum atomic E-state index is 10.5. The van der Waals surface area contributed by atoms with Gasteiger partial charge >= 0.3 is 0 Å². The third-order valence-corrected chi connectivity index (χ3v) is 0.927. The molecule has 0 aromatic carbocycles. The second-order valence-corrected chi connectivity index (χ2v) is 1.63. The van der Waals surface area contributed by atoms with Gasteiger partial charge in [0.15, 0.2) is 12.2 Å². The van der Waals surface area contributed by atoms with E-state index < -0.39 is 0 Å². The molecule has 0 saturated heterocycles. The quantitative estimate of drug-likeness (QED) is 0.496. The summed E-state index contributed by atoms with van der Waals surface area (Å²) >= 11 is 0. The third kappa shape index (κ3) is 1.35. The van der Waals surface area contributed by atoms with Crippen LogP contribution in [0.4, 0.5) is 0 Å². The Kier molecular flexibility index (Phi) is 1.58. The number of ketones is 1. The minimum atomic E-state index is -0.0909. The number of nitrogens with zero attached hydrogens (tertiary/aromatic N) is 2. The molecule has 0 aliphatic carbocycles. The molecule has 0 aromatic rings. The van der Waals surface area contributed by atoms with Crippen molar-refractivity contribution in [1.29, 1.82) is 0 Å². The van der Waals surface area contributed by atoms with Gasteiger partial charge in [-0.1, -0.05) is 0 Å². The molecule has 1 rings (SSSR count). The van der Waals surface area contributed by atoms with E-state index in [1.165, 1.54) is 13.3 Å².